The lowest BCUT2D eigenvalue weighted by Gasteiger charge is -2.30. The topological polar surface area (TPSA) is 46.2 Å². The fourth-order valence-electron chi connectivity index (χ4n) is 3.22. The van der Waals surface area contributed by atoms with Gasteiger partial charge in [-0.1, -0.05) is 37.6 Å². The minimum atomic E-state index is -3.03. The minimum Gasteiger partial charge on any atom is -0.302 e. The van der Waals surface area contributed by atoms with Crippen molar-refractivity contribution in [3.8, 4) is 0 Å². The zero-order valence-electron chi connectivity index (χ0n) is 11.6. The van der Waals surface area contributed by atoms with Crippen molar-refractivity contribution >= 4 is 21.4 Å². The molecule has 1 aromatic rings. The molecule has 2 aliphatic rings. The van der Waals surface area contributed by atoms with Gasteiger partial charge in [0.05, 0.1) is 5.75 Å². The molecule has 0 spiro atoms. The summed E-state index contributed by atoms with van der Waals surface area (Å²) in [6.45, 7) is 4.40. The molecule has 1 heterocycles. The molecule has 1 aliphatic carbocycles. The predicted octanol–water partition coefficient (Wildman–Crippen LogP) is 2.86. The maximum Gasteiger partial charge on any atom is 0.173 e. The summed E-state index contributed by atoms with van der Waals surface area (Å²) >= 11 is 6.11. The third-order valence-electron chi connectivity index (χ3n) is 4.16. The zero-order chi connectivity index (χ0) is 14.5. The van der Waals surface area contributed by atoms with Crippen LogP contribution in [0.1, 0.15) is 31.0 Å². The van der Waals surface area contributed by atoms with Crippen molar-refractivity contribution in [2.24, 2.45) is 5.41 Å². The summed E-state index contributed by atoms with van der Waals surface area (Å²) in [5, 5.41) is 5.52. The lowest BCUT2D eigenvalue weighted by atomic mass is 9.85. The summed E-state index contributed by atoms with van der Waals surface area (Å²) in [6, 6.07) is 5.99. The Hall–Kier alpha value is -0.840. The van der Waals surface area contributed by atoms with E-state index < -0.39 is 9.84 Å². The van der Waals surface area contributed by atoms with Gasteiger partial charge in [-0.3, -0.25) is 0 Å². The number of halogens is 1. The van der Waals surface area contributed by atoms with Gasteiger partial charge in [-0.25, -0.2) is 8.42 Å². The Morgan fingerprint density at radius 1 is 1.35 bits per heavy atom. The highest BCUT2D eigenvalue weighted by Crippen LogP contribution is 2.46. The average molecular weight is 312 g/mol. The predicted molar refractivity (Wildman–Crippen MR) is 81.5 cm³/mol. The first kappa shape index (κ1) is 14.1. The summed E-state index contributed by atoms with van der Waals surface area (Å²) in [5.41, 5.74) is 2.54. The summed E-state index contributed by atoms with van der Waals surface area (Å²) < 4.78 is 23.1. The van der Waals surface area contributed by atoms with E-state index in [0.29, 0.717) is 0 Å². The molecule has 1 aromatic carbocycles. The molecule has 0 bridgehead atoms. The Kier molecular flexibility index (Phi) is 3.23. The smallest absolute Gasteiger partial charge is 0.173 e. The van der Waals surface area contributed by atoms with Gasteiger partial charge in [0.2, 0.25) is 0 Å². The highest BCUT2D eigenvalue weighted by atomic mass is 35.5. The molecule has 0 saturated heterocycles. The van der Waals surface area contributed by atoms with E-state index in [9.17, 15) is 8.42 Å². The monoisotopic (exact) mass is 311 g/mol. The Bertz CT molecular complexity index is 679. The second kappa shape index (κ2) is 4.58. The number of nitrogens with one attached hydrogen (secondary N) is 1. The molecule has 0 amide bonds. The van der Waals surface area contributed by atoms with Crippen molar-refractivity contribution in [3.05, 3.63) is 45.8 Å². The molecule has 0 radical (unpaired) electrons. The van der Waals surface area contributed by atoms with E-state index in [-0.39, 0.29) is 23.3 Å². The second-order valence-corrected chi connectivity index (χ2v) is 8.74. The van der Waals surface area contributed by atoms with Crippen LogP contribution in [0, 0.1) is 5.41 Å². The van der Waals surface area contributed by atoms with Gasteiger partial charge in [-0.05, 0) is 35.1 Å². The molecule has 1 aliphatic heterocycles. The van der Waals surface area contributed by atoms with E-state index in [2.05, 4.69) is 25.2 Å². The van der Waals surface area contributed by atoms with Crippen molar-refractivity contribution in [3.63, 3.8) is 0 Å². The van der Waals surface area contributed by atoms with Gasteiger partial charge in [-0.15, -0.1) is 0 Å². The van der Waals surface area contributed by atoms with E-state index in [4.69, 9.17) is 11.6 Å². The summed E-state index contributed by atoms with van der Waals surface area (Å²) in [5.74, 6) is 0.148. The van der Waals surface area contributed by atoms with Crippen LogP contribution >= 0.6 is 11.6 Å². The highest BCUT2D eigenvalue weighted by molar-refractivity contribution is 7.94. The number of sulfone groups is 1. The van der Waals surface area contributed by atoms with Crippen LogP contribution in [-0.4, -0.2) is 20.2 Å². The second-order valence-electron chi connectivity index (χ2n) is 6.37. The molecule has 0 fully saturated rings. The zero-order valence-corrected chi connectivity index (χ0v) is 13.1. The van der Waals surface area contributed by atoms with Gasteiger partial charge in [0.25, 0.3) is 0 Å². The largest absolute Gasteiger partial charge is 0.302 e. The molecule has 2 unspecified atom stereocenters. The summed E-state index contributed by atoms with van der Waals surface area (Å²) in [6.07, 6.45) is 2.72. The number of rotatable bonds is 2. The maximum atomic E-state index is 11.5. The van der Waals surface area contributed by atoms with E-state index in [1.54, 1.807) is 6.08 Å². The molecule has 3 nitrogen and oxygen atoms in total. The van der Waals surface area contributed by atoms with E-state index in [0.717, 1.165) is 11.4 Å². The van der Waals surface area contributed by atoms with E-state index in [1.807, 2.05) is 12.1 Å². The van der Waals surface area contributed by atoms with Crippen LogP contribution < -0.4 is 5.32 Å². The van der Waals surface area contributed by atoms with Crippen LogP contribution in [0.3, 0.4) is 0 Å². The molecule has 1 N–H and O–H groups in total. The first-order chi connectivity index (χ1) is 9.27. The van der Waals surface area contributed by atoms with Gasteiger partial charge >= 0.3 is 0 Å². The van der Waals surface area contributed by atoms with Crippen LogP contribution in [0.4, 0.5) is 0 Å². The molecule has 3 rings (SSSR count). The third-order valence-corrected chi connectivity index (χ3v) is 5.79. The number of benzene rings is 1. The first-order valence-electron chi connectivity index (χ1n) is 6.72. The lowest BCUT2D eigenvalue weighted by Crippen LogP contribution is -2.39. The molecule has 2 atom stereocenters. The van der Waals surface area contributed by atoms with Gasteiger partial charge in [0.1, 0.15) is 0 Å². The molecule has 5 heteroatoms. The van der Waals surface area contributed by atoms with Crippen molar-refractivity contribution in [1.29, 1.82) is 0 Å². The SMILES string of the molecule is CC1(C)Cc2ccc(Cl)cc2C1NC1C=CS(=O)(=O)C1. The van der Waals surface area contributed by atoms with E-state index >= 15 is 0 Å². The molecular formula is C15H18ClNO2S. The molecule has 20 heavy (non-hydrogen) atoms. The molecule has 0 aromatic heterocycles. The van der Waals surface area contributed by atoms with Crippen molar-refractivity contribution < 1.29 is 8.42 Å². The van der Waals surface area contributed by atoms with Crippen LogP contribution in [0.15, 0.2) is 29.7 Å². The van der Waals surface area contributed by atoms with Crippen molar-refractivity contribution in [1.82, 2.24) is 5.32 Å². The first-order valence-corrected chi connectivity index (χ1v) is 8.81. The van der Waals surface area contributed by atoms with Crippen LogP contribution in [0.2, 0.25) is 5.02 Å². The fourth-order valence-corrected chi connectivity index (χ4v) is 4.65. The number of hydrogen-bond donors (Lipinski definition) is 1. The Balaban J connectivity index is 1.89. The Labute approximate surface area is 124 Å². The van der Waals surface area contributed by atoms with Crippen molar-refractivity contribution in [2.45, 2.75) is 32.4 Å². The lowest BCUT2D eigenvalue weighted by molar-refractivity contribution is 0.262. The van der Waals surface area contributed by atoms with E-state index in [1.165, 1.54) is 16.5 Å². The number of hydrogen-bond acceptors (Lipinski definition) is 3. The Morgan fingerprint density at radius 3 is 2.75 bits per heavy atom. The standard InChI is InChI=1S/C15H18ClNO2S/c1-15(2)8-10-3-4-11(16)7-13(10)14(15)17-12-5-6-20(18,19)9-12/h3-7,12,14,17H,8-9H2,1-2H3. The van der Waals surface area contributed by atoms with Crippen LogP contribution in [0.5, 0.6) is 0 Å². The fraction of sp³-hybridized carbons (Fsp3) is 0.467. The van der Waals surface area contributed by atoms with Crippen molar-refractivity contribution in [2.75, 3.05) is 5.75 Å². The summed E-state index contributed by atoms with van der Waals surface area (Å²) in [4.78, 5) is 0. The summed E-state index contributed by atoms with van der Waals surface area (Å²) in [7, 11) is -3.03. The maximum absolute atomic E-state index is 11.5. The Morgan fingerprint density at radius 2 is 2.10 bits per heavy atom. The molecular weight excluding hydrogens is 294 g/mol. The van der Waals surface area contributed by atoms with Crippen LogP contribution in [-0.2, 0) is 16.3 Å². The quantitative estimate of drug-likeness (QED) is 0.913. The van der Waals surface area contributed by atoms with Gasteiger partial charge in [0, 0.05) is 22.5 Å². The molecule has 0 saturated carbocycles. The average Bonchev–Trinajstić information content (AvgIpc) is 2.78. The van der Waals surface area contributed by atoms with Crippen LogP contribution in [0.25, 0.3) is 0 Å². The molecule has 108 valence electrons. The van der Waals surface area contributed by atoms with Gasteiger partial charge in [-0.2, -0.15) is 0 Å². The normalized spacial score (nSPS) is 29.6. The highest BCUT2D eigenvalue weighted by Gasteiger charge is 2.40. The van der Waals surface area contributed by atoms with Gasteiger partial charge < -0.3 is 5.32 Å². The minimum absolute atomic E-state index is 0.0488. The third kappa shape index (κ3) is 2.52. The number of fused-ring (bicyclic) bond motifs is 1. The van der Waals surface area contributed by atoms with Gasteiger partial charge in [0.15, 0.2) is 9.84 Å².